The lowest BCUT2D eigenvalue weighted by Gasteiger charge is -2.15. The van der Waals surface area contributed by atoms with Crippen molar-refractivity contribution >= 4 is 27.7 Å². The summed E-state index contributed by atoms with van der Waals surface area (Å²) in [5.74, 6) is -0.519. The highest BCUT2D eigenvalue weighted by Gasteiger charge is 2.17. The van der Waals surface area contributed by atoms with Crippen LogP contribution in [0.2, 0.25) is 0 Å². The number of rotatable bonds is 6. The lowest BCUT2D eigenvalue weighted by atomic mass is 10.1. The summed E-state index contributed by atoms with van der Waals surface area (Å²) in [4.78, 5) is 23.9. The van der Waals surface area contributed by atoms with Gasteiger partial charge in [0.15, 0.2) is 0 Å². The van der Waals surface area contributed by atoms with Gasteiger partial charge in [0, 0.05) is 18.1 Å². The van der Waals surface area contributed by atoms with Crippen LogP contribution in [0.5, 0.6) is 0 Å². The molecule has 0 aliphatic heterocycles. The molecular formula is C14H19BrN2O3. The van der Waals surface area contributed by atoms with E-state index in [4.69, 9.17) is 4.74 Å². The van der Waals surface area contributed by atoms with Crippen LogP contribution in [0.1, 0.15) is 22.8 Å². The quantitative estimate of drug-likeness (QED) is 0.772. The van der Waals surface area contributed by atoms with Gasteiger partial charge < -0.3 is 15.4 Å². The van der Waals surface area contributed by atoms with Gasteiger partial charge in [-0.3, -0.25) is 9.59 Å². The van der Waals surface area contributed by atoms with Gasteiger partial charge in [0.25, 0.3) is 5.91 Å². The summed E-state index contributed by atoms with van der Waals surface area (Å²) in [6, 6.07) is 4.89. The Bertz CT molecular complexity index is 491. The summed E-state index contributed by atoms with van der Waals surface area (Å²) < 4.78 is 5.54. The molecule has 1 rings (SSSR count). The van der Waals surface area contributed by atoms with Crippen LogP contribution in [-0.4, -0.2) is 38.1 Å². The van der Waals surface area contributed by atoms with E-state index in [0.29, 0.717) is 23.2 Å². The van der Waals surface area contributed by atoms with E-state index in [0.717, 1.165) is 5.56 Å². The fraction of sp³-hybridized carbons (Fsp3) is 0.429. The summed E-state index contributed by atoms with van der Waals surface area (Å²) in [7, 11) is 1.56. The average molecular weight is 343 g/mol. The Morgan fingerprint density at radius 2 is 2.10 bits per heavy atom. The minimum absolute atomic E-state index is 0.237. The Hall–Kier alpha value is -1.40. The van der Waals surface area contributed by atoms with Crippen LogP contribution in [0.3, 0.4) is 0 Å². The van der Waals surface area contributed by atoms with Gasteiger partial charge in [-0.25, -0.2) is 0 Å². The van der Waals surface area contributed by atoms with E-state index >= 15 is 0 Å². The molecule has 2 N–H and O–H groups in total. The van der Waals surface area contributed by atoms with E-state index in [-0.39, 0.29) is 11.8 Å². The van der Waals surface area contributed by atoms with Crippen molar-refractivity contribution in [2.45, 2.75) is 19.9 Å². The zero-order valence-electron chi connectivity index (χ0n) is 11.8. The molecule has 1 atom stereocenters. The number of methoxy groups -OCH3 is 1. The summed E-state index contributed by atoms with van der Waals surface area (Å²) in [6.07, 6.45) is 0. The first-order valence-electron chi connectivity index (χ1n) is 6.29. The summed E-state index contributed by atoms with van der Waals surface area (Å²) in [5.41, 5.74) is 1.50. The van der Waals surface area contributed by atoms with Gasteiger partial charge in [0.2, 0.25) is 5.91 Å². The zero-order chi connectivity index (χ0) is 15.1. The molecule has 0 saturated heterocycles. The molecule has 0 aliphatic carbocycles. The second-order valence-corrected chi connectivity index (χ2v) is 5.32. The van der Waals surface area contributed by atoms with Crippen molar-refractivity contribution in [3.05, 3.63) is 33.8 Å². The Labute approximate surface area is 127 Å². The minimum atomic E-state index is -0.605. The van der Waals surface area contributed by atoms with Crippen molar-refractivity contribution in [3.8, 4) is 0 Å². The maximum absolute atomic E-state index is 12.1. The van der Waals surface area contributed by atoms with Crippen LogP contribution in [-0.2, 0) is 9.53 Å². The maximum atomic E-state index is 12.1. The highest BCUT2D eigenvalue weighted by atomic mass is 79.9. The second-order valence-electron chi connectivity index (χ2n) is 4.46. The predicted octanol–water partition coefficient (Wildman–Crippen LogP) is 1.64. The van der Waals surface area contributed by atoms with E-state index in [1.165, 1.54) is 0 Å². The van der Waals surface area contributed by atoms with Gasteiger partial charge in [-0.2, -0.15) is 0 Å². The molecule has 1 aromatic rings. The van der Waals surface area contributed by atoms with Crippen LogP contribution < -0.4 is 10.6 Å². The summed E-state index contributed by atoms with van der Waals surface area (Å²) >= 11 is 3.33. The van der Waals surface area contributed by atoms with Gasteiger partial charge in [0.1, 0.15) is 6.04 Å². The molecule has 20 heavy (non-hydrogen) atoms. The first kappa shape index (κ1) is 16.7. The Balaban J connectivity index is 2.61. The number of ether oxygens (including phenoxy) is 1. The predicted molar refractivity (Wildman–Crippen MR) is 80.7 cm³/mol. The van der Waals surface area contributed by atoms with Crippen molar-refractivity contribution in [2.24, 2.45) is 0 Å². The number of hydrogen-bond acceptors (Lipinski definition) is 3. The van der Waals surface area contributed by atoms with Gasteiger partial charge in [0.05, 0.1) is 12.2 Å². The molecular weight excluding hydrogens is 324 g/mol. The fourth-order valence-electron chi connectivity index (χ4n) is 1.58. The Morgan fingerprint density at radius 3 is 2.75 bits per heavy atom. The SMILES string of the molecule is COCCNC(=O)C(C)NC(=O)c1cc(C)ccc1Br. The topological polar surface area (TPSA) is 67.4 Å². The third-order valence-electron chi connectivity index (χ3n) is 2.71. The van der Waals surface area contributed by atoms with Crippen molar-refractivity contribution in [1.82, 2.24) is 10.6 Å². The van der Waals surface area contributed by atoms with Gasteiger partial charge in [-0.15, -0.1) is 0 Å². The third kappa shape index (κ3) is 4.94. The number of aryl methyl sites for hydroxylation is 1. The highest BCUT2D eigenvalue weighted by Crippen LogP contribution is 2.18. The van der Waals surface area contributed by atoms with Crippen LogP contribution in [0, 0.1) is 6.92 Å². The van der Waals surface area contributed by atoms with Crippen LogP contribution >= 0.6 is 15.9 Å². The highest BCUT2D eigenvalue weighted by molar-refractivity contribution is 9.10. The van der Waals surface area contributed by atoms with Crippen LogP contribution in [0.15, 0.2) is 22.7 Å². The van der Waals surface area contributed by atoms with Gasteiger partial charge >= 0.3 is 0 Å². The molecule has 1 aromatic carbocycles. The van der Waals surface area contributed by atoms with Gasteiger partial charge in [-0.05, 0) is 41.9 Å². The molecule has 6 heteroatoms. The molecule has 0 heterocycles. The molecule has 0 fully saturated rings. The largest absolute Gasteiger partial charge is 0.383 e. The number of hydrogen-bond donors (Lipinski definition) is 2. The summed E-state index contributed by atoms with van der Waals surface area (Å²) in [6.45, 7) is 4.41. The molecule has 5 nitrogen and oxygen atoms in total. The minimum Gasteiger partial charge on any atom is -0.383 e. The van der Waals surface area contributed by atoms with Crippen molar-refractivity contribution in [2.75, 3.05) is 20.3 Å². The standard InChI is InChI=1S/C14H19BrN2O3/c1-9-4-5-12(15)11(8-9)14(19)17-10(2)13(18)16-6-7-20-3/h4-5,8,10H,6-7H2,1-3H3,(H,16,18)(H,17,19). The second kappa shape index (κ2) is 8.01. The lowest BCUT2D eigenvalue weighted by Crippen LogP contribution is -2.45. The normalized spacial score (nSPS) is 11.8. The van der Waals surface area contributed by atoms with Crippen molar-refractivity contribution < 1.29 is 14.3 Å². The average Bonchev–Trinajstić information content (AvgIpc) is 2.41. The molecule has 2 amide bonds. The fourth-order valence-corrected chi connectivity index (χ4v) is 2.01. The molecule has 0 saturated carbocycles. The first-order valence-corrected chi connectivity index (χ1v) is 7.08. The maximum Gasteiger partial charge on any atom is 0.253 e. The monoisotopic (exact) mass is 342 g/mol. The van der Waals surface area contributed by atoms with Crippen molar-refractivity contribution in [3.63, 3.8) is 0 Å². The molecule has 0 bridgehead atoms. The third-order valence-corrected chi connectivity index (χ3v) is 3.40. The number of halogens is 1. The molecule has 0 aliphatic rings. The Morgan fingerprint density at radius 1 is 1.40 bits per heavy atom. The first-order chi connectivity index (χ1) is 9.45. The van der Waals surface area contributed by atoms with Crippen molar-refractivity contribution in [1.29, 1.82) is 0 Å². The molecule has 1 unspecified atom stereocenters. The number of carbonyl (C=O) groups excluding carboxylic acids is 2. The zero-order valence-corrected chi connectivity index (χ0v) is 13.4. The summed E-state index contributed by atoms with van der Waals surface area (Å²) in [5, 5.41) is 5.34. The van der Waals surface area contributed by atoms with Gasteiger partial charge in [-0.1, -0.05) is 11.6 Å². The number of benzene rings is 1. The number of carbonyl (C=O) groups is 2. The van der Waals surface area contributed by atoms with E-state index < -0.39 is 6.04 Å². The lowest BCUT2D eigenvalue weighted by molar-refractivity contribution is -0.122. The van der Waals surface area contributed by atoms with E-state index in [1.54, 1.807) is 20.1 Å². The van der Waals surface area contributed by atoms with E-state index in [2.05, 4.69) is 26.6 Å². The smallest absolute Gasteiger partial charge is 0.253 e. The van der Waals surface area contributed by atoms with E-state index in [9.17, 15) is 9.59 Å². The van der Waals surface area contributed by atoms with E-state index in [1.807, 2.05) is 19.1 Å². The number of amides is 2. The molecule has 0 spiro atoms. The molecule has 0 radical (unpaired) electrons. The Kier molecular flexibility index (Phi) is 6.67. The van der Waals surface area contributed by atoms with Crippen LogP contribution in [0.4, 0.5) is 0 Å². The van der Waals surface area contributed by atoms with Crippen LogP contribution in [0.25, 0.3) is 0 Å². The molecule has 0 aromatic heterocycles. The number of nitrogens with one attached hydrogen (secondary N) is 2. The molecule has 110 valence electrons.